The molecule has 0 saturated carbocycles. The highest BCUT2D eigenvalue weighted by Crippen LogP contribution is 2.14. The highest BCUT2D eigenvalue weighted by molar-refractivity contribution is 7.98. The Balaban J connectivity index is 0.00000200. The number of hydrogen-bond donors (Lipinski definition) is 2. The number of amides is 1. The third-order valence-corrected chi connectivity index (χ3v) is 4.15. The lowest BCUT2D eigenvalue weighted by Gasteiger charge is -2.10. The van der Waals surface area contributed by atoms with Crippen molar-refractivity contribution in [2.45, 2.75) is 24.6 Å². The van der Waals surface area contributed by atoms with Gasteiger partial charge in [0.25, 0.3) is 0 Å². The molecule has 1 aliphatic heterocycles. The Kier molecular flexibility index (Phi) is 7.95. The number of thioether (sulfide) groups is 1. The molecule has 1 saturated heterocycles. The first-order valence-corrected chi connectivity index (χ1v) is 7.75. The molecule has 2 N–H and O–H groups in total. The van der Waals surface area contributed by atoms with Crippen LogP contribution in [0.25, 0.3) is 0 Å². The molecule has 0 aliphatic carbocycles. The van der Waals surface area contributed by atoms with Crippen LogP contribution < -0.4 is 10.6 Å². The van der Waals surface area contributed by atoms with Gasteiger partial charge in [0, 0.05) is 18.1 Å². The highest BCUT2D eigenvalue weighted by Gasteiger charge is 2.20. The Bertz CT molecular complexity index is 427. The van der Waals surface area contributed by atoms with Crippen LogP contribution in [0.1, 0.15) is 18.4 Å². The van der Waals surface area contributed by atoms with Crippen molar-refractivity contribution >= 4 is 30.1 Å². The van der Waals surface area contributed by atoms with Gasteiger partial charge in [0.1, 0.15) is 5.82 Å². The van der Waals surface area contributed by atoms with Crippen LogP contribution in [-0.2, 0) is 10.5 Å². The Hall–Kier alpha value is -0.780. The maximum atomic E-state index is 13.3. The molecule has 1 aromatic carbocycles. The monoisotopic (exact) mass is 318 g/mol. The van der Waals surface area contributed by atoms with Gasteiger partial charge in [-0.15, -0.1) is 12.4 Å². The average molecular weight is 319 g/mol. The first-order valence-electron chi connectivity index (χ1n) is 6.59. The van der Waals surface area contributed by atoms with Crippen LogP contribution in [-0.4, -0.2) is 30.8 Å². The zero-order chi connectivity index (χ0) is 13.5. The molecule has 1 amide bonds. The summed E-state index contributed by atoms with van der Waals surface area (Å²) in [6.07, 6.45) is 1.99. The van der Waals surface area contributed by atoms with E-state index in [9.17, 15) is 9.18 Å². The quantitative estimate of drug-likeness (QED) is 0.791. The minimum absolute atomic E-state index is 0. The van der Waals surface area contributed by atoms with Crippen molar-refractivity contribution in [1.29, 1.82) is 0 Å². The van der Waals surface area contributed by atoms with Crippen LogP contribution in [0.3, 0.4) is 0 Å². The van der Waals surface area contributed by atoms with Gasteiger partial charge >= 0.3 is 0 Å². The van der Waals surface area contributed by atoms with E-state index in [1.807, 2.05) is 6.07 Å². The summed E-state index contributed by atoms with van der Waals surface area (Å²) in [5, 5.41) is 6.07. The molecule has 0 bridgehead atoms. The molecular formula is C14H20ClFN2OS. The maximum Gasteiger partial charge on any atom is 0.237 e. The molecule has 1 atom stereocenters. The number of halogens is 2. The minimum Gasteiger partial charge on any atom is -0.354 e. The van der Waals surface area contributed by atoms with Gasteiger partial charge in [-0.2, -0.15) is 11.8 Å². The average Bonchev–Trinajstić information content (AvgIpc) is 2.94. The molecule has 1 aromatic rings. The first kappa shape index (κ1) is 17.3. The lowest BCUT2D eigenvalue weighted by molar-refractivity contribution is -0.122. The van der Waals surface area contributed by atoms with Gasteiger partial charge in [-0.05, 0) is 31.0 Å². The fraction of sp³-hybridized carbons (Fsp3) is 0.500. The molecule has 1 fully saturated rings. The number of carbonyl (C=O) groups excluding carboxylic acids is 1. The van der Waals surface area contributed by atoms with Crippen molar-refractivity contribution < 1.29 is 9.18 Å². The Labute approximate surface area is 129 Å². The predicted molar refractivity (Wildman–Crippen MR) is 83.8 cm³/mol. The van der Waals surface area contributed by atoms with Crippen molar-refractivity contribution in [2.24, 2.45) is 0 Å². The second kappa shape index (κ2) is 9.21. The second-order valence-corrected chi connectivity index (χ2v) is 5.69. The van der Waals surface area contributed by atoms with Gasteiger partial charge < -0.3 is 10.6 Å². The van der Waals surface area contributed by atoms with E-state index in [2.05, 4.69) is 10.6 Å². The number of rotatable bonds is 6. The lowest BCUT2D eigenvalue weighted by Crippen LogP contribution is -2.41. The number of benzene rings is 1. The van der Waals surface area contributed by atoms with Crippen LogP contribution in [0.5, 0.6) is 0 Å². The van der Waals surface area contributed by atoms with Crippen LogP contribution in [0.4, 0.5) is 4.39 Å². The van der Waals surface area contributed by atoms with Gasteiger partial charge in [0.2, 0.25) is 5.91 Å². The van der Waals surface area contributed by atoms with Gasteiger partial charge in [0.05, 0.1) is 6.04 Å². The van der Waals surface area contributed by atoms with E-state index in [-0.39, 0.29) is 30.2 Å². The molecule has 3 nitrogen and oxygen atoms in total. The largest absolute Gasteiger partial charge is 0.354 e. The van der Waals surface area contributed by atoms with Crippen molar-refractivity contribution in [3.63, 3.8) is 0 Å². The third-order valence-electron chi connectivity index (χ3n) is 3.14. The number of hydrogen-bond acceptors (Lipinski definition) is 3. The molecule has 0 aromatic heterocycles. The summed E-state index contributed by atoms with van der Waals surface area (Å²) in [5.74, 6) is 1.37. The van der Waals surface area contributed by atoms with Gasteiger partial charge in [-0.3, -0.25) is 4.79 Å². The van der Waals surface area contributed by atoms with Crippen molar-refractivity contribution in [2.75, 3.05) is 18.8 Å². The van der Waals surface area contributed by atoms with Gasteiger partial charge in [-0.25, -0.2) is 4.39 Å². The van der Waals surface area contributed by atoms with Crippen molar-refractivity contribution in [3.8, 4) is 0 Å². The van der Waals surface area contributed by atoms with Crippen LogP contribution >= 0.6 is 24.2 Å². The van der Waals surface area contributed by atoms with E-state index in [1.54, 1.807) is 23.9 Å². The summed E-state index contributed by atoms with van der Waals surface area (Å²) < 4.78 is 13.3. The van der Waals surface area contributed by atoms with E-state index in [1.165, 1.54) is 6.07 Å². The zero-order valence-corrected chi connectivity index (χ0v) is 12.9. The Morgan fingerprint density at radius 3 is 2.95 bits per heavy atom. The number of carbonyl (C=O) groups is 1. The van der Waals surface area contributed by atoms with Crippen molar-refractivity contribution in [1.82, 2.24) is 10.6 Å². The summed E-state index contributed by atoms with van der Waals surface area (Å²) in [5.41, 5.74) is 0.719. The van der Waals surface area contributed by atoms with E-state index in [4.69, 9.17) is 0 Å². The SMILES string of the molecule is Cl.O=C(NCCSCc1ccccc1F)C1CCCN1. The predicted octanol–water partition coefficient (Wildman–Crippen LogP) is 2.35. The molecular weight excluding hydrogens is 299 g/mol. The number of nitrogens with one attached hydrogen (secondary N) is 2. The summed E-state index contributed by atoms with van der Waals surface area (Å²) >= 11 is 1.63. The molecule has 6 heteroatoms. The minimum atomic E-state index is -0.158. The smallest absolute Gasteiger partial charge is 0.237 e. The second-order valence-electron chi connectivity index (χ2n) is 4.58. The lowest BCUT2D eigenvalue weighted by atomic mass is 10.2. The third kappa shape index (κ3) is 5.31. The fourth-order valence-corrected chi connectivity index (χ4v) is 2.92. The summed E-state index contributed by atoms with van der Waals surface area (Å²) in [6, 6.07) is 6.79. The molecule has 0 spiro atoms. The first-order chi connectivity index (χ1) is 9.27. The maximum absolute atomic E-state index is 13.3. The highest BCUT2D eigenvalue weighted by atomic mass is 35.5. The van der Waals surface area contributed by atoms with E-state index in [0.717, 1.165) is 30.7 Å². The summed E-state index contributed by atoms with van der Waals surface area (Å²) in [6.45, 7) is 1.57. The fourth-order valence-electron chi connectivity index (χ4n) is 2.08. The van der Waals surface area contributed by atoms with E-state index >= 15 is 0 Å². The van der Waals surface area contributed by atoms with Crippen LogP contribution in [0.2, 0.25) is 0 Å². The topological polar surface area (TPSA) is 41.1 Å². The molecule has 1 aliphatic rings. The standard InChI is InChI=1S/C14H19FN2OS.ClH/c15-12-5-2-1-4-11(12)10-19-9-8-17-14(18)13-6-3-7-16-13;/h1-2,4-5,13,16H,3,6-10H2,(H,17,18);1H. The van der Waals surface area contributed by atoms with Gasteiger partial charge in [0.15, 0.2) is 0 Å². The van der Waals surface area contributed by atoms with Crippen LogP contribution in [0.15, 0.2) is 24.3 Å². The van der Waals surface area contributed by atoms with E-state index < -0.39 is 0 Å². The normalized spacial score (nSPS) is 17.6. The van der Waals surface area contributed by atoms with Crippen LogP contribution in [0, 0.1) is 5.82 Å². The Morgan fingerprint density at radius 2 is 2.25 bits per heavy atom. The Morgan fingerprint density at radius 1 is 1.45 bits per heavy atom. The molecule has 20 heavy (non-hydrogen) atoms. The molecule has 0 radical (unpaired) electrons. The molecule has 1 heterocycles. The summed E-state index contributed by atoms with van der Waals surface area (Å²) in [7, 11) is 0. The summed E-state index contributed by atoms with van der Waals surface area (Å²) in [4.78, 5) is 11.7. The van der Waals surface area contributed by atoms with Gasteiger partial charge in [-0.1, -0.05) is 18.2 Å². The molecule has 112 valence electrons. The van der Waals surface area contributed by atoms with E-state index in [0.29, 0.717) is 12.3 Å². The molecule has 1 unspecified atom stereocenters. The zero-order valence-electron chi connectivity index (χ0n) is 11.2. The van der Waals surface area contributed by atoms with Crippen molar-refractivity contribution in [3.05, 3.63) is 35.6 Å². The molecule has 2 rings (SSSR count).